The van der Waals surface area contributed by atoms with Crippen molar-refractivity contribution in [3.05, 3.63) is 24.3 Å². The molecule has 0 aromatic rings. The van der Waals surface area contributed by atoms with Gasteiger partial charge in [0.05, 0.1) is 5.57 Å². The smallest absolute Gasteiger partial charge is 0.336 e. The number of carbonyl (C=O) groups excluding carboxylic acids is 1. The van der Waals surface area contributed by atoms with E-state index in [1.807, 2.05) is 0 Å². The van der Waals surface area contributed by atoms with Crippen molar-refractivity contribution in [3.63, 3.8) is 0 Å². The molecular weight excluding hydrogens is 184 g/mol. The van der Waals surface area contributed by atoms with Gasteiger partial charge in [-0.05, 0) is 13.0 Å². The summed E-state index contributed by atoms with van der Waals surface area (Å²) in [5.74, 6) is -0.399. The molecule has 14 heavy (non-hydrogen) atoms. The van der Waals surface area contributed by atoms with E-state index in [0.29, 0.717) is 5.57 Å². The number of rotatable bonds is 1. The van der Waals surface area contributed by atoms with Gasteiger partial charge in [0.1, 0.15) is 24.4 Å². The van der Waals surface area contributed by atoms with E-state index in [2.05, 4.69) is 6.58 Å². The van der Waals surface area contributed by atoms with E-state index in [1.165, 1.54) is 12.2 Å². The van der Waals surface area contributed by atoms with Gasteiger partial charge in [-0.15, -0.1) is 6.58 Å². The zero-order valence-corrected chi connectivity index (χ0v) is 7.84. The number of aliphatic hydroxyl groups excluding tert-OH is 1. The standard InChI is InChI=1S/C10H12O4/c1-3-8-7(11)4-6-9(14-8)5(2)13-10(6)12/h3-5,7-9,11H,1H2,2H3. The molecule has 4 unspecified atom stereocenters. The number of cyclic esters (lactones) is 1. The van der Waals surface area contributed by atoms with E-state index in [1.54, 1.807) is 6.92 Å². The van der Waals surface area contributed by atoms with Crippen LogP contribution in [0.15, 0.2) is 24.3 Å². The van der Waals surface area contributed by atoms with Crippen LogP contribution < -0.4 is 0 Å². The quantitative estimate of drug-likeness (QED) is 0.480. The van der Waals surface area contributed by atoms with Crippen LogP contribution in [0.4, 0.5) is 0 Å². The van der Waals surface area contributed by atoms with Crippen LogP contribution in [0.1, 0.15) is 6.92 Å². The molecule has 0 aromatic carbocycles. The van der Waals surface area contributed by atoms with Crippen molar-refractivity contribution >= 4 is 5.97 Å². The maximum Gasteiger partial charge on any atom is 0.336 e. The fraction of sp³-hybridized carbons (Fsp3) is 0.500. The molecule has 2 heterocycles. The van der Waals surface area contributed by atoms with Crippen molar-refractivity contribution in [2.45, 2.75) is 31.3 Å². The van der Waals surface area contributed by atoms with Crippen LogP contribution in [0.5, 0.6) is 0 Å². The Morgan fingerprint density at radius 2 is 2.36 bits per heavy atom. The highest BCUT2D eigenvalue weighted by molar-refractivity contribution is 5.92. The van der Waals surface area contributed by atoms with Gasteiger partial charge in [0.2, 0.25) is 0 Å². The van der Waals surface area contributed by atoms with Crippen molar-refractivity contribution < 1.29 is 19.4 Å². The first-order chi connectivity index (χ1) is 6.63. The molecule has 0 radical (unpaired) electrons. The maximum atomic E-state index is 11.3. The minimum Gasteiger partial charge on any atom is -0.456 e. The molecule has 76 valence electrons. The van der Waals surface area contributed by atoms with Gasteiger partial charge < -0.3 is 14.6 Å². The summed E-state index contributed by atoms with van der Waals surface area (Å²) in [4.78, 5) is 11.3. The van der Waals surface area contributed by atoms with E-state index in [4.69, 9.17) is 9.47 Å². The van der Waals surface area contributed by atoms with Crippen LogP contribution in [0.3, 0.4) is 0 Å². The van der Waals surface area contributed by atoms with Crippen LogP contribution >= 0.6 is 0 Å². The van der Waals surface area contributed by atoms with Gasteiger partial charge in [0.15, 0.2) is 0 Å². The molecule has 1 saturated heterocycles. The van der Waals surface area contributed by atoms with E-state index in [-0.39, 0.29) is 12.2 Å². The summed E-state index contributed by atoms with van der Waals surface area (Å²) in [6.45, 7) is 5.32. The highest BCUT2D eigenvalue weighted by Crippen LogP contribution is 2.30. The zero-order valence-electron chi connectivity index (χ0n) is 7.84. The maximum absolute atomic E-state index is 11.3. The van der Waals surface area contributed by atoms with Gasteiger partial charge in [-0.1, -0.05) is 6.08 Å². The first kappa shape index (κ1) is 9.43. The lowest BCUT2D eigenvalue weighted by molar-refractivity contribution is -0.139. The number of esters is 1. The van der Waals surface area contributed by atoms with Gasteiger partial charge >= 0.3 is 5.97 Å². The first-order valence-corrected chi connectivity index (χ1v) is 4.52. The molecule has 2 rings (SSSR count). The van der Waals surface area contributed by atoms with E-state index in [0.717, 1.165) is 0 Å². The Morgan fingerprint density at radius 1 is 1.64 bits per heavy atom. The molecule has 1 fully saturated rings. The average molecular weight is 196 g/mol. The molecule has 4 nitrogen and oxygen atoms in total. The molecule has 0 aliphatic carbocycles. The van der Waals surface area contributed by atoms with Crippen LogP contribution in [0.25, 0.3) is 0 Å². The summed E-state index contributed by atoms with van der Waals surface area (Å²) in [7, 11) is 0. The Kier molecular flexibility index (Phi) is 2.17. The zero-order chi connectivity index (χ0) is 10.3. The lowest BCUT2D eigenvalue weighted by Crippen LogP contribution is -2.38. The molecule has 0 saturated carbocycles. The SMILES string of the molecule is C=CC1OC2C(=CC1O)C(=O)OC2C. The molecule has 1 N–H and O–H groups in total. The molecule has 0 amide bonds. The third-order valence-corrected chi connectivity index (χ3v) is 2.48. The second-order valence-electron chi connectivity index (χ2n) is 3.48. The molecule has 4 heteroatoms. The Morgan fingerprint density at radius 3 is 3.00 bits per heavy atom. The lowest BCUT2D eigenvalue weighted by Gasteiger charge is -2.27. The van der Waals surface area contributed by atoms with Crippen molar-refractivity contribution in [3.8, 4) is 0 Å². The number of hydrogen-bond donors (Lipinski definition) is 1. The minimum atomic E-state index is -0.809. The van der Waals surface area contributed by atoms with Crippen molar-refractivity contribution in [1.29, 1.82) is 0 Å². The third-order valence-electron chi connectivity index (χ3n) is 2.48. The van der Waals surface area contributed by atoms with E-state index in [9.17, 15) is 9.90 Å². The van der Waals surface area contributed by atoms with Crippen LogP contribution in [-0.2, 0) is 14.3 Å². The summed E-state index contributed by atoms with van der Waals surface area (Å²) in [6.07, 6.45) is 1.09. The molecule has 0 bridgehead atoms. The fourth-order valence-electron chi connectivity index (χ4n) is 1.74. The normalized spacial score (nSPS) is 41.3. The lowest BCUT2D eigenvalue weighted by atomic mass is 10.00. The molecule has 0 aromatic heterocycles. The van der Waals surface area contributed by atoms with Gasteiger partial charge in [-0.3, -0.25) is 0 Å². The number of ether oxygens (including phenoxy) is 2. The van der Waals surface area contributed by atoms with Gasteiger partial charge in [-0.2, -0.15) is 0 Å². The Labute approximate surface area is 81.8 Å². The summed E-state index contributed by atoms with van der Waals surface area (Å²) < 4.78 is 10.4. The Bertz CT molecular complexity index is 307. The molecule has 4 atom stereocenters. The minimum absolute atomic E-state index is 0.288. The van der Waals surface area contributed by atoms with Crippen molar-refractivity contribution in [2.24, 2.45) is 0 Å². The Hall–Kier alpha value is -1.13. The first-order valence-electron chi connectivity index (χ1n) is 4.52. The van der Waals surface area contributed by atoms with Gasteiger partial charge in [-0.25, -0.2) is 4.79 Å². The predicted octanol–water partition coefficient (Wildman–Crippen LogP) is 0.172. The monoisotopic (exact) mass is 196 g/mol. The van der Waals surface area contributed by atoms with Crippen LogP contribution in [0.2, 0.25) is 0 Å². The number of carbonyl (C=O) groups is 1. The van der Waals surface area contributed by atoms with Crippen molar-refractivity contribution in [2.75, 3.05) is 0 Å². The third kappa shape index (κ3) is 1.27. The molecule has 2 aliphatic rings. The van der Waals surface area contributed by atoms with Crippen LogP contribution in [-0.4, -0.2) is 35.5 Å². The number of hydrogen-bond acceptors (Lipinski definition) is 4. The second kappa shape index (κ2) is 3.22. The second-order valence-corrected chi connectivity index (χ2v) is 3.48. The summed E-state index contributed by atoms with van der Waals surface area (Å²) in [6, 6.07) is 0. The predicted molar refractivity (Wildman–Crippen MR) is 48.5 cm³/mol. The topological polar surface area (TPSA) is 55.8 Å². The summed E-state index contributed by atoms with van der Waals surface area (Å²) in [5, 5.41) is 9.54. The Balaban J connectivity index is 2.30. The molecular formula is C10H12O4. The molecule has 0 spiro atoms. The van der Waals surface area contributed by atoms with Crippen LogP contribution in [0, 0.1) is 0 Å². The van der Waals surface area contributed by atoms with E-state index < -0.39 is 18.2 Å². The summed E-state index contributed by atoms with van der Waals surface area (Å²) >= 11 is 0. The average Bonchev–Trinajstić information content (AvgIpc) is 2.41. The number of fused-ring (bicyclic) bond motifs is 1. The summed E-state index contributed by atoms with van der Waals surface area (Å²) in [5.41, 5.74) is 0.420. The van der Waals surface area contributed by atoms with Crippen molar-refractivity contribution in [1.82, 2.24) is 0 Å². The van der Waals surface area contributed by atoms with E-state index >= 15 is 0 Å². The van der Waals surface area contributed by atoms with Gasteiger partial charge in [0, 0.05) is 0 Å². The molecule has 2 aliphatic heterocycles. The largest absolute Gasteiger partial charge is 0.456 e. The van der Waals surface area contributed by atoms with Gasteiger partial charge in [0.25, 0.3) is 0 Å². The number of aliphatic hydroxyl groups is 1. The highest BCUT2D eigenvalue weighted by atomic mass is 16.6. The highest BCUT2D eigenvalue weighted by Gasteiger charge is 2.43. The fourth-order valence-corrected chi connectivity index (χ4v) is 1.74.